The summed E-state index contributed by atoms with van der Waals surface area (Å²) in [5.41, 5.74) is 9.21. The van der Waals surface area contributed by atoms with Crippen molar-refractivity contribution in [3.8, 4) is 12.1 Å². The minimum absolute atomic E-state index is 0.271. The molecule has 0 amide bonds. The number of nitrogens with zero attached hydrogens (tertiary/aromatic N) is 3. The Kier molecular flexibility index (Phi) is 3.77. The van der Waals surface area contributed by atoms with Gasteiger partial charge in [-0.15, -0.1) is 0 Å². The summed E-state index contributed by atoms with van der Waals surface area (Å²) in [4.78, 5) is 1.70. The largest absolute Gasteiger partial charge is 0.384 e. The van der Waals surface area contributed by atoms with Crippen LogP contribution >= 0.6 is 23.2 Å². The zero-order chi connectivity index (χ0) is 18.4. The van der Waals surface area contributed by atoms with E-state index in [9.17, 15) is 10.5 Å². The molecule has 0 bridgehead atoms. The molecule has 1 atom stereocenters. The predicted octanol–water partition coefficient (Wildman–Crippen LogP) is 4.45. The number of nitriles is 2. The number of anilines is 2. The number of hydrogen-bond donors (Lipinski definition) is 2. The SMILES string of the molecule is N#CC1=C(N)N2C(=C(C#N)C1c1ccc(Cl)cc1Cl)Nc1ccccc12. The third-order valence-electron chi connectivity index (χ3n) is 4.49. The third-order valence-corrected chi connectivity index (χ3v) is 5.05. The van der Waals surface area contributed by atoms with E-state index in [-0.39, 0.29) is 11.4 Å². The number of nitrogens with two attached hydrogens (primary N) is 1. The van der Waals surface area contributed by atoms with Gasteiger partial charge in [-0.05, 0) is 29.8 Å². The summed E-state index contributed by atoms with van der Waals surface area (Å²) in [6, 6.07) is 16.9. The molecule has 0 spiro atoms. The van der Waals surface area contributed by atoms with Crippen LogP contribution in [0.4, 0.5) is 11.4 Å². The fourth-order valence-corrected chi connectivity index (χ4v) is 3.87. The molecule has 2 heterocycles. The molecule has 4 rings (SSSR count). The molecule has 1 unspecified atom stereocenters. The van der Waals surface area contributed by atoms with Crippen LogP contribution in [0.2, 0.25) is 10.0 Å². The van der Waals surface area contributed by atoms with Crippen LogP contribution in [0.5, 0.6) is 0 Å². The second kappa shape index (κ2) is 6.00. The zero-order valence-electron chi connectivity index (χ0n) is 13.3. The topological polar surface area (TPSA) is 88.9 Å². The number of halogens is 2. The Bertz CT molecular complexity index is 1090. The maximum Gasteiger partial charge on any atom is 0.131 e. The van der Waals surface area contributed by atoms with Crippen molar-refractivity contribution in [2.75, 3.05) is 10.2 Å². The van der Waals surface area contributed by atoms with E-state index >= 15 is 0 Å². The maximum atomic E-state index is 9.88. The van der Waals surface area contributed by atoms with E-state index in [1.165, 1.54) is 0 Å². The second-order valence-corrected chi connectivity index (χ2v) is 6.70. The highest BCUT2D eigenvalue weighted by atomic mass is 35.5. The molecule has 0 saturated carbocycles. The number of rotatable bonds is 1. The van der Waals surface area contributed by atoms with Crippen LogP contribution in [0.25, 0.3) is 0 Å². The molecule has 0 fully saturated rings. The summed E-state index contributed by atoms with van der Waals surface area (Å²) in [7, 11) is 0. The van der Waals surface area contributed by atoms with Crippen LogP contribution in [0.3, 0.4) is 0 Å². The van der Waals surface area contributed by atoms with Crippen molar-refractivity contribution in [3.05, 3.63) is 80.9 Å². The summed E-state index contributed by atoms with van der Waals surface area (Å²) in [6.45, 7) is 0. The van der Waals surface area contributed by atoms with Crippen LogP contribution in [-0.2, 0) is 0 Å². The molecule has 2 aliphatic heterocycles. The Balaban J connectivity index is 1.99. The monoisotopic (exact) mass is 379 g/mol. The molecule has 0 saturated heterocycles. The third kappa shape index (κ3) is 2.23. The fourth-order valence-electron chi connectivity index (χ4n) is 3.35. The van der Waals surface area contributed by atoms with Gasteiger partial charge in [0.25, 0.3) is 0 Å². The van der Waals surface area contributed by atoms with Gasteiger partial charge >= 0.3 is 0 Å². The van der Waals surface area contributed by atoms with Gasteiger partial charge in [0.05, 0.1) is 40.6 Å². The van der Waals surface area contributed by atoms with Gasteiger partial charge < -0.3 is 11.1 Å². The van der Waals surface area contributed by atoms with Crippen molar-refractivity contribution in [3.63, 3.8) is 0 Å². The molecular formula is C19H11Cl2N5. The molecule has 0 aliphatic carbocycles. The summed E-state index contributed by atoms with van der Waals surface area (Å²) in [5.74, 6) is 0.152. The van der Waals surface area contributed by atoms with Crippen molar-refractivity contribution in [1.82, 2.24) is 0 Å². The van der Waals surface area contributed by atoms with Gasteiger partial charge in [-0.2, -0.15) is 10.5 Å². The number of hydrogen-bond acceptors (Lipinski definition) is 5. The number of benzene rings is 2. The molecule has 126 valence electrons. The van der Waals surface area contributed by atoms with E-state index in [1.807, 2.05) is 24.3 Å². The van der Waals surface area contributed by atoms with Crippen molar-refractivity contribution < 1.29 is 0 Å². The Morgan fingerprint density at radius 3 is 2.46 bits per heavy atom. The normalized spacial score (nSPS) is 18.0. The molecule has 2 aliphatic rings. The molecule has 26 heavy (non-hydrogen) atoms. The standard InChI is InChI=1S/C19H11Cl2N5/c20-10-5-6-11(14(21)7-10)17-12(8-22)18(24)26-16-4-2-1-3-15(16)25-19(26)13(17)9-23/h1-7,17,25H,24H2. The van der Waals surface area contributed by atoms with Crippen LogP contribution in [-0.4, -0.2) is 0 Å². The lowest BCUT2D eigenvalue weighted by Gasteiger charge is -2.31. The van der Waals surface area contributed by atoms with Crippen molar-refractivity contribution in [2.45, 2.75) is 5.92 Å². The Morgan fingerprint density at radius 2 is 1.77 bits per heavy atom. The van der Waals surface area contributed by atoms with Gasteiger partial charge in [-0.25, -0.2) is 0 Å². The van der Waals surface area contributed by atoms with Gasteiger partial charge in [0.15, 0.2) is 0 Å². The zero-order valence-corrected chi connectivity index (χ0v) is 14.8. The lowest BCUT2D eigenvalue weighted by molar-refractivity contribution is 0.869. The molecule has 7 heteroatoms. The van der Waals surface area contributed by atoms with E-state index in [2.05, 4.69) is 17.5 Å². The molecule has 2 aromatic carbocycles. The van der Waals surface area contributed by atoms with Gasteiger partial charge in [0, 0.05) is 10.0 Å². The molecule has 0 aromatic heterocycles. The average Bonchev–Trinajstić information content (AvgIpc) is 3.01. The van der Waals surface area contributed by atoms with E-state index < -0.39 is 5.92 Å². The first-order valence-electron chi connectivity index (χ1n) is 7.72. The van der Waals surface area contributed by atoms with Crippen LogP contribution in [0.15, 0.2) is 65.3 Å². The summed E-state index contributed by atoms with van der Waals surface area (Å²) in [6.07, 6.45) is 0. The van der Waals surface area contributed by atoms with Gasteiger partial charge in [0.2, 0.25) is 0 Å². The van der Waals surface area contributed by atoms with Crippen LogP contribution < -0.4 is 16.0 Å². The summed E-state index contributed by atoms with van der Waals surface area (Å²) >= 11 is 12.4. The lowest BCUT2D eigenvalue weighted by atomic mass is 9.83. The first-order chi connectivity index (χ1) is 12.6. The van der Waals surface area contributed by atoms with Gasteiger partial charge in [-0.1, -0.05) is 41.4 Å². The molecule has 2 aromatic rings. The van der Waals surface area contributed by atoms with Crippen molar-refractivity contribution >= 4 is 34.6 Å². The lowest BCUT2D eigenvalue weighted by Crippen LogP contribution is -2.34. The Morgan fingerprint density at radius 1 is 1.04 bits per heavy atom. The smallest absolute Gasteiger partial charge is 0.131 e. The van der Waals surface area contributed by atoms with E-state index in [0.717, 1.165) is 11.4 Å². The fraction of sp³-hybridized carbons (Fsp3) is 0.0526. The minimum Gasteiger partial charge on any atom is -0.384 e. The molecular weight excluding hydrogens is 369 g/mol. The highest BCUT2D eigenvalue weighted by molar-refractivity contribution is 6.35. The number of para-hydroxylation sites is 2. The van der Waals surface area contributed by atoms with Crippen molar-refractivity contribution in [1.29, 1.82) is 10.5 Å². The summed E-state index contributed by atoms with van der Waals surface area (Å²) in [5, 5.41) is 23.7. The molecule has 0 radical (unpaired) electrons. The second-order valence-electron chi connectivity index (χ2n) is 5.86. The number of allylic oxidation sites excluding steroid dienone is 2. The Labute approximate surface area is 160 Å². The Hall–Kier alpha value is -3.12. The summed E-state index contributed by atoms with van der Waals surface area (Å²) < 4.78 is 0. The maximum absolute atomic E-state index is 9.88. The highest BCUT2D eigenvalue weighted by Crippen LogP contribution is 2.48. The number of fused-ring (bicyclic) bond motifs is 3. The van der Waals surface area contributed by atoms with Crippen molar-refractivity contribution in [2.24, 2.45) is 5.73 Å². The van der Waals surface area contributed by atoms with Crippen LogP contribution in [0.1, 0.15) is 11.5 Å². The molecule has 5 nitrogen and oxygen atoms in total. The quantitative estimate of drug-likeness (QED) is 0.763. The van der Waals surface area contributed by atoms with E-state index in [0.29, 0.717) is 27.0 Å². The highest BCUT2D eigenvalue weighted by Gasteiger charge is 2.40. The predicted molar refractivity (Wildman–Crippen MR) is 101 cm³/mol. The first-order valence-corrected chi connectivity index (χ1v) is 8.47. The van der Waals surface area contributed by atoms with Gasteiger partial charge in [-0.3, -0.25) is 4.90 Å². The van der Waals surface area contributed by atoms with Gasteiger partial charge in [0.1, 0.15) is 11.6 Å². The van der Waals surface area contributed by atoms with E-state index in [4.69, 9.17) is 28.9 Å². The minimum atomic E-state index is -0.664. The molecule has 3 N–H and O–H groups in total. The first kappa shape index (κ1) is 16.4. The van der Waals surface area contributed by atoms with E-state index in [1.54, 1.807) is 23.1 Å². The average molecular weight is 380 g/mol. The number of nitrogens with one attached hydrogen (secondary N) is 1. The van der Waals surface area contributed by atoms with Crippen LogP contribution in [0, 0.1) is 22.7 Å².